The Morgan fingerprint density at radius 2 is 2.04 bits per heavy atom. The second-order valence-corrected chi connectivity index (χ2v) is 8.26. The zero-order valence-electron chi connectivity index (χ0n) is 18.3. The normalized spacial score (nSPS) is 17.7. The molecule has 1 fully saturated rings. The first-order valence-corrected chi connectivity index (χ1v) is 11.3. The van der Waals surface area contributed by atoms with Gasteiger partial charge in [0.2, 0.25) is 0 Å². The van der Waals surface area contributed by atoms with E-state index < -0.39 is 0 Å². The molecule has 1 aromatic rings. The smallest absolute Gasteiger partial charge is 0.193 e. The number of aliphatic imine (C=N–C) groups is 1. The maximum absolute atomic E-state index is 5.35. The van der Waals surface area contributed by atoms with Gasteiger partial charge >= 0.3 is 0 Å². The lowest BCUT2D eigenvalue weighted by molar-refractivity contribution is 0.119. The Morgan fingerprint density at radius 1 is 1.32 bits per heavy atom. The Bertz CT molecular complexity index is 585. The Hall–Kier alpha value is -1.22. The minimum atomic E-state index is 0.0476. The highest BCUT2D eigenvalue weighted by molar-refractivity contribution is 7.09. The van der Waals surface area contributed by atoms with Gasteiger partial charge in [-0.25, -0.2) is 4.98 Å². The highest BCUT2D eigenvalue weighted by Gasteiger charge is 2.15. The zero-order valence-corrected chi connectivity index (χ0v) is 19.1. The van der Waals surface area contributed by atoms with Crippen LogP contribution in [0.2, 0.25) is 0 Å². The summed E-state index contributed by atoms with van der Waals surface area (Å²) in [6.45, 7) is 13.2. The number of thiazole rings is 1. The molecule has 1 aliphatic rings. The molecule has 1 aliphatic heterocycles. The average Bonchev–Trinajstić information content (AvgIpc) is 3.18. The second kappa shape index (κ2) is 12.4. The highest BCUT2D eigenvalue weighted by Crippen LogP contribution is 2.20. The van der Waals surface area contributed by atoms with E-state index >= 15 is 0 Å². The molecule has 0 amide bonds. The Morgan fingerprint density at radius 3 is 2.68 bits per heavy atom. The number of likely N-dealkylation sites (N-methyl/N-ethyl adjacent to an activating group) is 1. The first-order chi connectivity index (χ1) is 13.6. The molecule has 0 aromatic carbocycles. The summed E-state index contributed by atoms with van der Waals surface area (Å²) < 4.78 is 5.35. The number of guanidine groups is 1. The summed E-state index contributed by atoms with van der Waals surface area (Å²) in [4.78, 5) is 16.3. The van der Waals surface area contributed by atoms with Gasteiger partial charge in [-0.3, -0.25) is 4.99 Å². The van der Waals surface area contributed by atoms with Crippen LogP contribution in [0, 0.1) is 0 Å². The summed E-state index contributed by atoms with van der Waals surface area (Å²) >= 11 is 1.65. The molecule has 1 atom stereocenters. The number of methoxy groups -OCH3 is 1. The number of hydrogen-bond acceptors (Lipinski definition) is 6. The predicted molar refractivity (Wildman–Crippen MR) is 118 cm³/mol. The van der Waals surface area contributed by atoms with Gasteiger partial charge in [-0.15, -0.1) is 11.3 Å². The van der Waals surface area contributed by atoms with Crippen molar-refractivity contribution in [2.75, 3.05) is 67.0 Å². The number of rotatable bonds is 10. The summed E-state index contributed by atoms with van der Waals surface area (Å²) in [5.74, 6) is 0.922. The molecule has 0 spiro atoms. The maximum atomic E-state index is 5.35. The number of nitrogens with zero attached hydrogens (tertiary/aromatic N) is 5. The number of nitrogens with one attached hydrogen (secondary N) is 1. The van der Waals surface area contributed by atoms with Gasteiger partial charge in [0, 0.05) is 59.3 Å². The van der Waals surface area contributed by atoms with Crippen LogP contribution in [0.15, 0.2) is 10.4 Å². The predicted octanol–water partition coefficient (Wildman–Crippen LogP) is 2.28. The number of hydrogen-bond donors (Lipinski definition) is 1. The molecule has 1 unspecified atom stereocenters. The summed E-state index contributed by atoms with van der Waals surface area (Å²) in [6.07, 6.45) is 2.43. The standard InChI is InChI=1S/C20H38N6OS/c1-6-25-11-13-26(14-12-25)10-8-7-9-22-20(21-3)24(4)15-18-16-28-19(23-18)17(2)27-5/h16-17H,6-15H2,1-5H3,(H,21,22). The second-order valence-electron chi connectivity index (χ2n) is 7.37. The lowest BCUT2D eigenvalue weighted by Crippen LogP contribution is -2.46. The van der Waals surface area contributed by atoms with Crippen molar-refractivity contribution >= 4 is 17.3 Å². The van der Waals surface area contributed by atoms with Crippen LogP contribution in [0.25, 0.3) is 0 Å². The molecule has 0 radical (unpaired) electrons. The molecule has 28 heavy (non-hydrogen) atoms. The van der Waals surface area contributed by atoms with Crippen molar-refractivity contribution < 1.29 is 4.74 Å². The van der Waals surface area contributed by atoms with E-state index in [4.69, 9.17) is 4.74 Å². The van der Waals surface area contributed by atoms with Crippen molar-refractivity contribution in [2.24, 2.45) is 4.99 Å². The summed E-state index contributed by atoms with van der Waals surface area (Å²) in [5, 5.41) is 6.61. The van der Waals surface area contributed by atoms with Gasteiger partial charge in [0.1, 0.15) is 11.1 Å². The third-order valence-corrected chi connectivity index (χ3v) is 6.39. The van der Waals surface area contributed by atoms with Crippen LogP contribution in [0.5, 0.6) is 0 Å². The van der Waals surface area contributed by atoms with E-state index in [1.165, 1.54) is 45.7 Å². The van der Waals surface area contributed by atoms with E-state index in [-0.39, 0.29) is 6.10 Å². The molecule has 1 N–H and O–H groups in total. The minimum absolute atomic E-state index is 0.0476. The van der Waals surface area contributed by atoms with E-state index in [9.17, 15) is 0 Å². The molecule has 8 heteroatoms. The fourth-order valence-electron chi connectivity index (χ4n) is 3.38. The van der Waals surface area contributed by atoms with E-state index in [0.29, 0.717) is 0 Å². The van der Waals surface area contributed by atoms with Crippen molar-refractivity contribution in [1.82, 2.24) is 25.0 Å². The molecular weight excluding hydrogens is 372 g/mol. The van der Waals surface area contributed by atoms with E-state index in [1.54, 1.807) is 18.4 Å². The van der Waals surface area contributed by atoms with Crippen LogP contribution in [-0.4, -0.2) is 92.7 Å². The third-order valence-electron chi connectivity index (χ3n) is 5.34. The van der Waals surface area contributed by atoms with Crippen molar-refractivity contribution in [3.63, 3.8) is 0 Å². The number of ether oxygens (including phenoxy) is 1. The maximum Gasteiger partial charge on any atom is 0.193 e. The van der Waals surface area contributed by atoms with Crippen LogP contribution in [0.4, 0.5) is 0 Å². The first kappa shape index (κ1) is 23.1. The fourth-order valence-corrected chi connectivity index (χ4v) is 4.22. The van der Waals surface area contributed by atoms with E-state index in [2.05, 4.69) is 49.3 Å². The molecule has 0 aliphatic carbocycles. The van der Waals surface area contributed by atoms with Gasteiger partial charge in [-0.1, -0.05) is 6.92 Å². The zero-order chi connectivity index (χ0) is 20.4. The lowest BCUT2D eigenvalue weighted by Gasteiger charge is -2.34. The number of unbranched alkanes of at least 4 members (excludes halogenated alkanes) is 1. The van der Waals surface area contributed by atoms with Gasteiger partial charge in [0.25, 0.3) is 0 Å². The largest absolute Gasteiger partial charge is 0.375 e. The van der Waals surface area contributed by atoms with Crippen LogP contribution in [-0.2, 0) is 11.3 Å². The summed E-state index contributed by atoms with van der Waals surface area (Å²) in [5.41, 5.74) is 1.06. The summed E-state index contributed by atoms with van der Waals surface area (Å²) in [7, 11) is 5.61. The molecule has 2 rings (SSSR count). The average molecular weight is 411 g/mol. The summed E-state index contributed by atoms with van der Waals surface area (Å²) in [6, 6.07) is 0. The lowest BCUT2D eigenvalue weighted by atomic mass is 10.2. The Balaban J connectivity index is 1.64. The van der Waals surface area contributed by atoms with Crippen molar-refractivity contribution in [3.8, 4) is 0 Å². The van der Waals surface area contributed by atoms with Crippen molar-refractivity contribution in [3.05, 3.63) is 16.1 Å². The van der Waals surface area contributed by atoms with Crippen LogP contribution in [0.1, 0.15) is 43.5 Å². The van der Waals surface area contributed by atoms with E-state index in [1.807, 2.05) is 14.0 Å². The molecule has 160 valence electrons. The molecule has 0 saturated carbocycles. The van der Waals surface area contributed by atoms with Crippen LogP contribution >= 0.6 is 11.3 Å². The Kier molecular flexibility index (Phi) is 10.2. The molecule has 2 heterocycles. The minimum Gasteiger partial charge on any atom is -0.375 e. The monoisotopic (exact) mass is 410 g/mol. The topological polar surface area (TPSA) is 56.2 Å². The molecule has 1 aromatic heterocycles. The first-order valence-electron chi connectivity index (χ1n) is 10.4. The van der Waals surface area contributed by atoms with Crippen molar-refractivity contribution in [2.45, 2.75) is 39.3 Å². The van der Waals surface area contributed by atoms with E-state index in [0.717, 1.165) is 36.2 Å². The van der Waals surface area contributed by atoms with Crippen LogP contribution in [0.3, 0.4) is 0 Å². The van der Waals surface area contributed by atoms with Crippen molar-refractivity contribution in [1.29, 1.82) is 0 Å². The van der Waals surface area contributed by atoms with Gasteiger partial charge in [-0.05, 0) is 32.9 Å². The quantitative estimate of drug-likeness (QED) is 0.363. The van der Waals surface area contributed by atoms with Gasteiger partial charge in [0.15, 0.2) is 5.96 Å². The number of piperazine rings is 1. The Labute approximate surface area is 174 Å². The number of aromatic nitrogens is 1. The highest BCUT2D eigenvalue weighted by atomic mass is 32.1. The molecule has 1 saturated heterocycles. The molecule has 0 bridgehead atoms. The molecule has 7 nitrogen and oxygen atoms in total. The molecular formula is C20H38N6OS. The fraction of sp³-hybridized carbons (Fsp3) is 0.800. The van der Waals surface area contributed by atoms with Crippen LogP contribution < -0.4 is 5.32 Å². The third kappa shape index (κ3) is 7.31. The SMILES string of the molecule is CCN1CCN(CCCCNC(=NC)N(C)Cc2csc(C(C)OC)n2)CC1. The van der Waals surface area contributed by atoms with Gasteiger partial charge in [0.05, 0.1) is 12.2 Å². The van der Waals surface area contributed by atoms with Gasteiger partial charge in [-0.2, -0.15) is 0 Å². The van der Waals surface area contributed by atoms with Gasteiger partial charge < -0.3 is 24.8 Å².